The number of aromatic nitrogens is 1. The number of aliphatic hydroxyl groups excluding tert-OH is 2. The Kier molecular flexibility index (Phi) is 7.07. The van der Waals surface area contributed by atoms with Gasteiger partial charge in [0, 0.05) is 33.2 Å². The summed E-state index contributed by atoms with van der Waals surface area (Å²) < 4.78 is 11.2. The molecule has 7 nitrogen and oxygen atoms in total. The second-order valence-corrected chi connectivity index (χ2v) is 9.46. The molecule has 3 aromatic carbocycles. The summed E-state index contributed by atoms with van der Waals surface area (Å²) in [6.07, 6.45) is -0.791. The highest BCUT2D eigenvalue weighted by Gasteiger charge is 2.35. The van der Waals surface area contributed by atoms with E-state index in [4.69, 9.17) is 37.8 Å². The molecule has 0 aliphatic carbocycles. The number of hydrogen-bond donors (Lipinski definition) is 3. The van der Waals surface area contributed by atoms with Crippen molar-refractivity contribution >= 4 is 40.2 Å². The van der Waals surface area contributed by atoms with Crippen molar-refractivity contribution < 1.29 is 24.5 Å². The maximum Gasteiger partial charge on any atom is 0.416 e. The van der Waals surface area contributed by atoms with E-state index in [-0.39, 0.29) is 13.2 Å². The van der Waals surface area contributed by atoms with Crippen molar-refractivity contribution in [1.82, 2.24) is 9.88 Å². The molecule has 36 heavy (non-hydrogen) atoms. The number of aromatic amines is 1. The lowest BCUT2D eigenvalue weighted by Gasteiger charge is -2.35. The predicted molar refractivity (Wildman–Crippen MR) is 138 cm³/mol. The summed E-state index contributed by atoms with van der Waals surface area (Å²) in [6, 6.07) is 19.2. The quantitative estimate of drug-likeness (QED) is 0.314. The van der Waals surface area contributed by atoms with Crippen LogP contribution in [0.25, 0.3) is 10.9 Å². The molecule has 0 spiro atoms. The Labute approximate surface area is 217 Å². The maximum absolute atomic E-state index is 13.4. The average Bonchev–Trinajstić information content (AvgIpc) is 3.26. The van der Waals surface area contributed by atoms with Crippen LogP contribution < -0.4 is 9.47 Å². The van der Waals surface area contributed by atoms with E-state index in [1.54, 1.807) is 41.3 Å². The van der Waals surface area contributed by atoms with Crippen molar-refractivity contribution in [1.29, 1.82) is 0 Å². The molecule has 5 rings (SSSR count). The van der Waals surface area contributed by atoms with Gasteiger partial charge in [-0.3, -0.25) is 4.90 Å². The van der Waals surface area contributed by atoms with Crippen molar-refractivity contribution in [3.8, 4) is 11.5 Å². The number of fused-ring (bicyclic) bond motifs is 3. The van der Waals surface area contributed by atoms with Gasteiger partial charge in [-0.25, -0.2) is 4.79 Å². The SMILES string of the molecule is O=C(Oc1ccc(Cl)cc1)N1CCc2c([nH]c3ccc(Cl)cc23)[C@@H]1c1ccc(OCC(O)CO)cc1. The van der Waals surface area contributed by atoms with Crippen LogP contribution >= 0.6 is 23.2 Å². The normalized spacial score (nSPS) is 16.0. The highest BCUT2D eigenvalue weighted by molar-refractivity contribution is 6.31. The number of halogens is 2. The van der Waals surface area contributed by atoms with Crippen LogP contribution in [0.5, 0.6) is 11.5 Å². The van der Waals surface area contributed by atoms with Crippen LogP contribution in [0.1, 0.15) is 22.9 Å². The van der Waals surface area contributed by atoms with Gasteiger partial charge in [0.2, 0.25) is 0 Å². The Morgan fingerprint density at radius 1 is 1.03 bits per heavy atom. The summed E-state index contributed by atoms with van der Waals surface area (Å²) in [4.78, 5) is 18.5. The molecule has 2 heterocycles. The fraction of sp³-hybridized carbons (Fsp3) is 0.222. The lowest BCUT2D eigenvalue weighted by atomic mass is 9.92. The number of hydrogen-bond acceptors (Lipinski definition) is 5. The standard InChI is InChI=1S/C27H24Cl2N2O5/c28-17-3-8-21(9-4-17)36-27(34)31-12-11-22-23-13-18(29)5-10-24(23)30-25(22)26(31)16-1-6-20(7-2-16)35-15-19(33)14-32/h1-10,13,19,26,30,32-33H,11-12,14-15H2/t19?,26-/m0/s1. The molecule has 0 fully saturated rings. The Bertz CT molecular complexity index is 1370. The Hall–Kier alpha value is -3.23. The van der Waals surface area contributed by atoms with Crippen LogP contribution in [0.15, 0.2) is 66.7 Å². The van der Waals surface area contributed by atoms with E-state index in [2.05, 4.69) is 4.98 Å². The topological polar surface area (TPSA) is 95.0 Å². The third-order valence-electron chi connectivity index (χ3n) is 6.19. The largest absolute Gasteiger partial charge is 0.491 e. The number of rotatable bonds is 6. The van der Waals surface area contributed by atoms with Crippen LogP contribution in [0.2, 0.25) is 10.0 Å². The van der Waals surface area contributed by atoms with Crippen LogP contribution in [-0.2, 0) is 6.42 Å². The first kappa shape index (κ1) is 24.5. The molecule has 1 aliphatic heterocycles. The highest BCUT2D eigenvalue weighted by Crippen LogP contribution is 2.40. The fourth-order valence-electron chi connectivity index (χ4n) is 4.46. The van der Waals surface area contributed by atoms with Gasteiger partial charge in [0.05, 0.1) is 6.61 Å². The van der Waals surface area contributed by atoms with Gasteiger partial charge in [-0.05, 0) is 72.1 Å². The first-order chi connectivity index (χ1) is 17.4. The number of aliphatic hydroxyl groups is 2. The van der Waals surface area contributed by atoms with Crippen LogP contribution in [0.3, 0.4) is 0 Å². The lowest BCUT2D eigenvalue weighted by molar-refractivity contribution is 0.0536. The monoisotopic (exact) mass is 526 g/mol. The smallest absolute Gasteiger partial charge is 0.416 e. The number of H-pyrrole nitrogens is 1. The second-order valence-electron chi connectivity index (χ2n) is 8.59. The average molecular weight is 527 g/mol. The minimum absolute atomic E-state index is 0.0221. The van der Waals surface area contributed by atoms with Crippen molar-refractivity contribution in [2.75, 3.05) is 19.8 Å². The Balaban J connectivity index is 1.50. The highest BCUT2D eigenvalue weighted by atomic mass is 35.5. The summed E-state index contributed by atoms with van der Waals surface area (Å²) in [5.41, 5.74) is 3.81. The molecule has 1 amide bonds. The van der Waals surface area contributed by atoms with Gasteiger partial charge in [0.25, 0.3) is 0 Å². The third kappa shape index (κ3) is 5.01. The first-order valence-corrected chi connectivity index (χ1v) is 12.2. The molecule has 186 valence electrons. The van der Waals surface area contributed by atoms with Gasteiger partial charge in [-0.1, -0.05) is 35.3 Å². The molecule has 9 heteroatoms. The van der Waals surface area contributed by atoms with E-state index in [1.807, 2.05) is 30.3 Å². The van der Waals surface area contributed by atoms with Gasteiger partial charge in [-0.2, -0.15) is 0 Å². The zero-order chi connectivity index (χ0) is 25.2. The number of carbonyl (C=O) groups is 1. The van der Waals surface area contributed by atoms with Gasteiger partial charge in [0.15, 0.2) is 0 Å². The molecular weight excluding hydrogens is 503 g/mol. The number of nitrogens with zero attached hydrogens (tertiary/aromatic N) is 1. The summed E-state index contributed by atoms with van der Waals surface area (Å²) in [6.45, 7) is 0.0499. The predicted octanol–water partition coefficient (Wildman–Crippen LogP) is 5.35. The van der Waals surface area contributed by atoms with E-state index in [0.717, 1.165) is 27.7 Å². The summed E-state index contributed by atoms with van der Waals surface area (Å²) in [5.74, 6) is 0.949. The lowest BCUT2D eigenvalue weighted by Crippen LogP contribution is -2.42. The van der Waals surface area contributed by atoms with Gasteiger partial charge in [-0.15, -0.1) is 0 Å². The molecule has 1 unspecified atom stereocenters. The third-order valence-corrected chi connectivity index (χ3v) is 6.68. The summed E-state index contributed by atoms with van der Waals surface area (Å²) >= 11 is 12.2. The zero-order valence-corrected chi connectivity index (χ0v) is 20.7. The molecule has 2 atom stereocenters. The summed E-state index contributed by atoms with van der Waals surface area (Å²) in [7, 11) is 0. The van der Waals surface area contributed by atoms with E-state index in [0.29, 0.717) is 34.5 Å². The second kappa shape index (κ2) is 10.4. The molecule has 1 aromatic heterocycles. The van der Waals surface area contributed by atoms with E-state index in [1.165, 1.54) is 0 Å². The molecule has 0 saturated heterocycles. The zero-order valence-electron chi connectivity index (χ0n) is 19.2. The fourth-order valence-corrected chi connectivity index (χ4v) is 4.76. The minimum atomic E-state index is -0.957. The Morgan fingerprint density at radius 2 is 1.72 bits per heavy atom. The van der Waals surface area contributed by atoms with Crippen LogP contribution in [0, 0.1) is 0 Å². The number of benzene rings is 3. The van der Waals surface area contributed by atoms with Crippen molar-refractivity contribution in [3.63, 3.8) is 0 Å². The van der Waals surface area contributed by atoms with Gasteiger partial charge >= 0.3 is 6.09 Å². The molecule has 0 bridgehead atoms. The van der Waals surface area contributed by atoms with Crippen molar-refractivity contribution in [2.45, 2.75) is 18.6 Å². The van der Waals surface area contributed by atoms with E-state index < -0.39 is 18.2 Å². The molecule has 4 aromatic rings. The number of nitrogens with one attached hydrogen (secondary N) is 1. The molecule has 1 aliphatic rings. The Morgan fingerprint density at radius 3 is 2.44 bits per heavy atom. The molecule has 0 radical (unpaired) electrons. The van der Waals surface area contributed by atoms with Crippen LogP contribution in [0.4, 0.5) is 4.79 Å². The summed E-state index contributed by atoms with van der Waals surface area (Å²) in [5, 5.41) is 20.8. The van der Waals surface area contributed by atoms with Crippen molar-refractivity contribution in [3.05, 3.63) is 93.6 Å². The number of carbonyl (C=O) groups excluding carboxylic acids is 1. The van der Waals surface area contributed by atoms with E-state index >= 15 is 0 Å². The molecular formula is C27H24Cl2N2O5. The molecule has 0 saturated carbocycles. The maximum atomic E-state index is 13.4. The van der Waals surface area contributed by atoms with E-state index in [9.17, 15) is 9.90 Å². The van der Waals surface area contributed by atoms with Crippen molar-refractivity contribution in [2.24, 2.45) is 0 Å². The first-order valence-electron chi connectivity index (χ1n) is 11.5. The van der Waals surface area contributed by atoms with Gasteiger partial charge < -0.3 is 24.7 Å². The number of amides is 1. The molecule has 3 N–H and O–H groups in total. The van der Waals surface area contributed by atoms with Gasteiger partial charge in [0.1, 0.15) is 30.3 Å². The van der Waals surface area contributed by atoms with Crippen LogP contribution in [-0.4, -0.2) is 52.1 Å². The number of ether oxygens (including phenoxy) is 2. The minimum Gasteiger partial charge on any atom is -0.491 e.